The monoisotopic (exact) mass is 158 g/mol. The Labute approximate surface area is 68.6 Å². The van der Waals surface area contributed by atoms with Crippen molar-refractivity contribution in [1.29, 1.82) is 0 Å². The van der Waals surface area contributed by atoms with Gasteiger partial charge in [0.25, 0.3) is 0 Å². The molecule has 2 N–H and O–H groups in total. The summed E-state index contributed by atoms with van der Waals surface area (Å²) in [6.45, 7) is 7.58. The summed E-state index contributed by atoms with van der Waals surface area (Å²) < 4.78 is 0. The molecule has 0 rings (SSSR count). The molecule has 0 amide bonds. The number of carbonyl (C=O) groups is 1. The van der Waals surface area contributed by atoms with E-state index in [4.69, 9.17) is 0 Å². The largest absolute Gasteiger partial charge is 0.300 e. The van der Waals surface area contributed by atoms with Gasteiger partial charge in [0, 0.05) is 0 Å². The Morgan fingerprint density at radius 2 is 1.64 bits per heavy atom. The lowest BCUT2D eigenvalue weighted by Crippen LogP contribution is -2.57. The summed E-state index contributed by atoms with van der Waals surface area (Å²) in [4.78, 5) is 10.7. The molecule has 11 heavy (non-hydrogen) atoms. The smallest absolute Gasteiger partial charge is 0.154 e. The Morgan fingerprint density at radius 3 is 1.82 bits per heavy atom. The maximum atomic E-state index is 10.7. The molecule has 0 fully saturated rings. The molecule has 0 unspecified atom stereocenters. The number of hydrogen-bond donors (Lipinski definition) is 2. The summed E-state index contributed by atoms with van der Waals surface area (Å²) in [5, 5.41) is 6.23. The maximum Gasteiger partial charge on any atom is 0.154 e. The molecule has 0 bridgehead atoms. The topological polar surface area (TPSA) is 41.1 Å². The number of hydrogen-bond acceptors (Lipinski definition) is 3. The van der Waals surface area contributed by atoms with Crippen LogP contribution in [0, 0.1) is 0 Å². The second-order valence-corrected chi connectivity index (χ2v) is 2.50. The molecule has 0 aliphatic carbocycles. The minimum Gasteiger partial charge on any atom is -0.300 e. The first-order valence-electron chi connectivity index (χ1n) is 4.21. The van der Waals surface area contributed by atoms with E-state index in [2.05, 4.69) is 10.6 Å². The highest BCUT2D eigenvalue weighted by Crippen LogP contribution is 2.00. The first-order chi connectivity index (χ1) is 5.24. The number of rotatable bonds is 6. The van der Waals surface area contributed by atoms with Crippen molar-refractivity contribution in [2.24, 2.45) is 0 Å². The third kappa shape index (κ3) is 2.99. The number of nitrogens with one attached hydrogen (secondary N) is 2. The predicted octanol–water partition coefficient (Wildman–Crippen LogP) is 0.511. The van der Waals surface area contributed by atoms with E-state index < -0.39 is 5.66 Å². The van der Waals surface area contributed by atoms with E-state index in [1.54, 1.807) is 0 Å². The van der Waals surface area contributed by atoms with E-state index in [-0.39, 0.29) is 0 Å². The molecule has 0 heterocycles. The fourth-order valence-electron chi connectivity index (χ4n) is 1.11. The van der Waals surface area contributed by atoms with Gasteiger partial charge in [-0.1, -0.05) is 20.8 Å². The van der Waals surface area contributed by atoms with Gasteiger partial charge in [0.05, 0.1) is 0 Å². The maximum absolute atomic E-state index is 10.7. The van der Waals surface area contributed by atoms with E-state index in [9.17, 15) is 4.79 Å². The zero-order valence-corrected chi connectivity index (χ0v) is 7.61. The zero-order valence-electron chi connectivity index (χ0n) is 7.61. The van der Waals surface area contributed by atoms with Gasteiger partial charge >= 0.3 is 0 Å². The summed E-state index contributed by atoms with van der Waals surface area (Å²) in [5.41, 5.74) is -0.497. The zero-order chi connectivity index (χ0) is 8.74. The molecule has 3 nitrogen and oxygen atoms in total. The minimum absolute atomic E-state index is 0.497. The van der Waals surface area contributed by atoms with Gasteiger partial charge in [0.2, 0.25) is 0 Å². The lowest BCUT2D eigenvalue weighted by molar-refractivity contribution is -0.114. The molecule has 0 saturated carbocycles. The fourth-order valence-corrected chi connectivity index (χ4v) is 1.11. The Bertz CT molecular complexity index is 109. The average Bonchev–Trinajstić information content (AvgIpc) is 2.04. The first-order valence-corrected chi connectivity index (χ1v) is 4.21. The highest BCUT2D eigenvalue weighted by atomic mass is 16.1. The third-order valence-corrected chi connectivity index (χ3v) is 1.74. The Hall–Kier alpha value is -0.410. The summed E-state index contributed by atoms with van der Waals surface area (Å²) >= 11 is 0. The molecule has 0 atom stereocenters. The van der Waals surface area contributed by atoms with Crippen LogP contribution in [0.3, 0.4) is 0 Å². The quantitative estimate of drug-likeness (QED) is 0.437. The van der Waals surface area contributed by atoms with Crippen molar-refractivity contribution in [2.45, 2.75) is 32.9 Å². The summed E-state index contributed by atoms with van der Waals surface area (Å²) in [7, 11) is 0. The molecular formula is C8H18N2O. The molecule has 3 heteroatoms. The van der Waals surface area contributed by atoms with Crippen LogP contribution in [0.2, 0.25) is 0 Å². The van der Waals surface area contributed by atoms with Gasteiger partial charge in [0.1, 0.15) is 5.66 Å². The number of aldehydes is 1. The van der Waals surface area contributed by atoms with Crippen LogP contribution in [0.4, 0.5) is 0 Å². The molecule has 0 aliphatic rings. The van der Waals surface area contributed by atoms with Gasteiger partial charge in [-0.3, -0.25) is 15.4 Å². The van der Waals surface area contributed by atoms with Crippen LogP contribution in [0.5, 0.6) is 0 Å². The van der Waals surface area contributed by atoms with E-state index in [1.807, 2.05) is 20.8 Å². The molecular weight excluding hydrogens is 140 g/mol. The Balaban J connectivity index is 4.07. The standard InChI is InChI=1S/C8H18N2O/c1-4-8(7-11,9-5-2)10-6-3/h7,9-10H,4-6H2,1-3H3. The molecule has 0 aromatic heterocycles. The van der Waals surface area contributed by atoms with Gasteiger partial charge in [-0.2, -0.15) is 0 Å². The van der Waals surface area contributed by atoms with Gasteiger partial charge in [-0.05, 0) is 19.5 Å². The second kappa shape index (κ2) is 5.27. The SMILES string of the molecule is CCNC(C=O)(CC)NCC. The molecule has 0 spiro atoms. The van der Waals surface area contributed by atoms with Crippen molar-refractivity contribution in [2.75, 3.05) is 13.1 Å². The summed E-state index contributed by atoms with van der Waals surface area (Å²) in [6.07, 6.45) is 1.72. The van der Waals surface area contributed by atoms with Crippen molar-refractivity contribution >= 4 is 6.29 Å². The van der Waals surface area contributed by atoms with E-state index in [0.29, 0.717) is 0 Å². The van der Waals surface area contributed by atoms with E-state index >= 15 is 0 Å². The van der Waals surface area contributed by atoms with Crippen LogP contribution >= 0.6 is 0 Å². The van der Waals surface area contributed by atoms with Crippen LogP contribution in [0.1, 0.15) is 27.2 Å². The van der Waals surface area contributed by atoms with Gasteiger partial charge in [-0.25, -0.2) is 0 Å². The number of carbonyl (C=O) groups excluding carboxylic acids is 1. The number of likely N-dealkylation sites (N-methyl/N-ethyl adjacent to an activating group) is 2. The van der Waals surface area contributed by atoms with Gasteiger partial charge in [0.15, 0.2) is 6.29 Å². The van der Waals surface area contributed by atoms with Crippen molar-refractivity contribution < 1.29 is 4.79 Å². The summed E-state index contributed by atoms with van der Waals surface area (Å²) in [5.74, 6) is 0. The Morgan fingerprint density at radius 1 is 1.18 bits per heavy atom. The van der Waals surface area contributed by atoms with Crippen LogP contribution in [0.15, 0.2) is 0 Å². The first kappa shape index (κ1) is 10.6. The molecule has 0 radical (unpaired) electrons. The van der Waals surface area contributed by atoms with Crippen LogP contribution in [-0.2, 0) is 4.79 Å². The van der Waals surface area contributed by atoms with Crippen LogP contribution in [0.25, 0.3) is 0 Å². The minimum atomic E-state index is -0.497. The molecule has 66 valence electrons. The van der Waals surface area contributed by atoms with E-state index in [0.717, 1.165) is 25.8 Å². The normalized spacial score (nSPS) is 11.5. The second-order valence-electron chi connectivity index (χ2n) is 2.50. The average molecular weight is 158 g/mol. The van der Waals surface area contributed by atoms with Crippen molar-refractivity contribution in [3.8, 4) is 0 Å². The van der Waals surface area contributed by atoms with Crippen molar-refractivity contribution in [3.63, 3.8) is 0 Å². The Kier molecular flexibility index (Phi) is 5.07. The van der Waals surface area contributed by atoms with Crippen LogP contribution < -0.4 is 10.6 Å². The summed E-state index contributed by atoms with van der Waals surface area (Å²) in [6, 6.07) is 0. The molecule has 0 aliphatic heterocycles. The van der Waals surface area contributed by atoms with E-state index in [1.165, 1.54) is 0 Å². The lowest BCUT2D eigenvalue weighted by Gasteiger charge is -2.28. The van der Waals surface area contributed by atoms with Gasteiger partial charge < -0.3 is 0 Å². The van der Waals surface area contributed by atoms with Crippen molar-refractivity contribution in [3.05, 3.63) is 0 Å². The molecule has 0 aromatic rings. The third-order valence-electron chi connectivity index (χ3n) is 1.74. The highest BCUT2D eigenvalue weighted by molar-refractivity contribution is 5.63. The highest BCUT2D eigenvalue weighted by Gasteiger charge is 2.23. The molecule has 0 saturated heterocycles. The fraction of sp³-hybridized carbons (Fsp3) is 0.875. The predicted molar refractivity (Wildman–Crippen MR) is 46.4 cm³/mol. The molecule has 0 aromatic carbocycles. The van der Waals surface area contributed by atoms with Crippen molar-refractivity contribution in [1.82, 2.24) is 10.6 Å². The lowest BCUT2D eigenvalue weighted by atomic mass is 10.1. The van der Waals surface area contributed by atoms with Gasteiger partial charge in [-0.15, -0.1) is 0 Å². The van der Waals surface area contributed by atoms with Crippen LogP contribution in [-0.4, -0.2) is 25.0 Å².